The second kappa shape index (κ2) is 3.19. The first kappa shape index (κ1) is 7.68. The molecule has 1 atom stereocenters. The summed E-state index contributed by atoms with van der Waals surface area (Å²) in [6, 6.07) is 0. The van der Waals surface area contributed by atoms with Gasteiger partial charge >= 0.3 is 0 Å². The first-order chi connectivity index (χ1) is 5.90. The van der Waals surface area contributed by atoms with E-state index < -0.39 is 0 Å². The molecule has 2 aliphatic rings. The lowest BCUT2D eigenvalue weighted by Gasteiger charge is -2.14. The Morgan fingerprint density at radius 1 is 1.50 bits per heavy atom. The zero-order valence-electron chi connectivity index (χ0n) is 6.95. The SMILES string of the molecule is NCCC1C=CC2=C(C1)OCO2. The number of hydrogen-bond acceptors (Lipinski definition) is 3. The van der Waals surface area contributed by atoms with Crippen molar-refractivity contribution < 1.29 is 9.47 Å². The van der Waals surface area contributed by atoms with Crippen LogP contribution in [0, 0.1) is 5.92 Å². The molecular weight excluding hydrogens is 154 g/mol. The third-order valence-electron chi connectivity index (χ3n) is 2.23. The molecule has 2 N–H and O–H groups in total. The van der Waals surface area contributed by atoms with Gasteiger partial charge in [-0.3, -0.25) is 0 Å². The molecule has 1 heterocycles. The minimum Gasteiger partial charge on any atom is -0.458 e. The summed E-state index contributed by atoms with van der Waals surface area (Å²) < 4.78 is 10.5. The van der Waals surface area contributed by atoms with Crippen LogP contribution in [0.2, 0.25) is 0 Å². The van der Waals surface area contributed by atoms with Crippen molar-refractivity contribution >= 4 is 0 Å². The van der Waals surface area contributed by atoms with Gasteiger partial charge in [-0.1, -0.05) is 6.08 Å². The van der Waals surface area contributed by atoms with Crippen molar-refractivity contribution in [2.24, 2.45) is 11.7 Å². The lowest BCUT2D eigenvalue weighted by molar-refractivity contribution is 0.0717. The minimum atomic E-state index is 0.379. The number of rotatable bonds is 2. The maximum Gasteiger partial charge on any atom is 0.230 e. The average molecular weight is 167 g/mol. The highest BCUT2D eigenvalue weighted by Gasteiger charge is 2.22. The minimum absolute atomic E-state index is 0.379. The summed E-state index contributed by atoms with van der Waals surface area (Å²) in [5.41, 5.74) is 5.47. The van der Waals surface area contributed by atoms with Gasteiger partial charge in [-0.25, -0.2) is 0 Å². The third kappa shape index (κ3) is 1.32. The molecule has 0 radical (unpaired) electrons. The van der Waals surface area contributed by atoms with Crippen LogP contribution >= 0.6 is 0 Å². The van der Waals surface area contributed by atoms with Gasteiger partial charge in [0.25, 0.3) is 0 Å². The van der Waals surface area contributed by atoms with Crippen LogP contribution in [0.1, 0.15) is 12.8 Å². The molecule has 0 aromatic heterocycles. The summed E-state index contributed by atoms with van der Waals surface area (Å²) in [5, 5.41) is 0. The Balaban J connectivity index is 2.01. The molecule has 0 amide bonds. The van der Waals surface area contributed by atoms with Crippen LogP contribution < -0.4 is 5.73 Å². The quantitative estimate of drug-likeness (QED) is 0.670. The monoisotopic (exact) mass is 167 g/mol. The Kier molecular flexibility index (Phi) is 2.04. The van der Waals surface area contributed by atoms with Crippen molar-refractivity contribution in [2.75, 3.05) is 13.3 Å². The summed E-state index contributed by atoms with van der Waals surface area (Å²) in [6.45, 7) is 1.11. The van der Waals surface area contributed by atoms with Gasteiger partial charge in [-0.15, -0.1) is 0 Å². The molecule has 0 saturated heterocycles. The lowest BCUT2D eigenvalue weighted by atomic mass is 9.95. The fourth-order valence-electron chi connectivity index (χ4n) is 1.56. The van der Waals surface area contributed by atoms with Crippen LogP contribution in [-0.4, -0.2) is 13.3 Å². The van der Waals surface area contributed by atoms with Gasteiger partial charge in [0.1, 0.15) is 5.76 Å². The fraction of sp³-hybridized carbons (Fsp3) is 0.556. The van der Waals surface area contributed by atoms with Gasteiger partial charge in [0.2, 0.25) is 6.79 Å². The molecule has 1 aliphatic heterocycles. The molecule has 1 unspecified atom stereocenters. The van der Waals surface area contributed by atoms with Gasteiger partial charge < -0.3 is 15.2 Å². The highest BCUT2D eigenvalue weighted by molar-refractivity contribution is 5.24. The Morgan fingerprint density at radius 2 is 2.42 bits per heavy atom. The second-order valence-electron chi connectivity index (χ2n) is 3.09. The topological polar surface area (TPSA) is 44.5 Å². The molecule has 0 bridgehead atoms. The summed E-state index contributed by atoms with van der Waals surface area (Å²) >= 11 is 0. The predicted octanol–water partition coefficient (Wildman–Crippen LogP) is 1.13. The Hall–Kier alpha value is -0.960. The largest absolute Gasteiger partial charge is 0.458 e. The second-order valence-corrected chi connectivity index (χ2v) is 3.09. The Morgan fingerprint density at radius 3 is 3.25 bits per heavy atom. The van der Waals surface area contributed by atoms with Crippen LogP contribution in [0.25, 0.3) is 0 Å². The molecule has 1 aliphatic carbocycles. The molecule has 3 heteroatoms. The van der Waals surface area contributed by atoms with Crippen LogP contribution in [-0.2, 0) is 9.47 Å². The molecule has 0 saturated carbocycles. The van der Waals surface area contributed by atoms with E-state index in [9.17, 15) is 0 Å². The van der Waals surface area contributed by atoms with E-state index in [4.69, 9.17) is 15.2 Å². The molecule has 3 nitrogen and oxygen atoms in total. The van der Waals surface area contributed by atoms with Gasteiger partial charge in [0, 0.05) is 6.42 Å². The molecule has 2 rings (SSSR count). The average Bonchev–Trinajstić information content (AvgIpc) is 2.51. The van der Waals surface area contributed by atoms with Gasteiger partial charge in [0.05, 0.1) is 0 Å². The zero-order chi connectivity index (χ0) is 8.39. The van der Waals surface area contributed by atoms with Crippen molar-refractivity contribution in [1.82, 2.24) is 0 Å². The van der Waals surface area contributed by atoms with E-state index in [1.54, 1.807) is 0 Å². The Labute approximate surface area is 71.8 Å². The van der Waals surface area contributed by atoms with E-state index >= 15 is 0 Å². The third-order valence-corrected chi connectivity index (χ3v) is 2.23. The van der Waals surface area contributed by atoms with Crippen molar-refractivity contribution in [3.63, 3.8) is 0 Å². The molecular formula is C9H13NO2. The van der Waals surface area contributed by atoms with Crippen LogP contribution in [0.5, 0.6) is 0 Å². The summed E-state index contributed by atoms with van der Waals surface area (Å²) in [4.78, 5) is 0. The zero-order valence-corrected chi connectivity index (χ0v) is 6.95. The standard InChI is InChI=1S/C9H13NO2/c10-4-3-7-1-2-8-9(5-7)12-6-11-8/h1-2,7H,3-6,10H2. The van der Waals surface area contributed by atoms with E-state index in [1.165, 1.54) is 0 Å². The maximum absolute atomic E-state index is 5.47. The van der Waals surface area contributed by atoms with Crippen molar-refractivity contribution in [2.45, 2.75) is 12.8 Å². The summed E-state index contributed by atoms with van der Waals surface area (Å²) in [6.07, 6.45) is 6.12. The van der Waals surface area contributed by atoms with E-state index in [1.807, 2.05) is 6.08 Å². The van der Waals surface area contributed by atoms with Crippen LogP contribution in [0.3, 0.4) is 0 Å². The highest BCUT2D eigenvalue weighted by Crippen LogP contribution is 2.30. The smallest absolute Gasteiger partial charge is 0.230 e. The molecule has 0 aromatic carbocycles. The molecule has 0 spiro atoms. The summed E-state index contributed by atoms with van der Waals surface area (Å²) in [7, 11) is 0. The van der Waals surface area contributed by atoms with Crippen LogP contribution in [0.15, 0.2) is 23.7 Å². The van der Waals surface area contributed by atoms with Gasteiger partial charge in [-0.2, -0.15) is 0 Å². The first-order valence-electron chi connectivity index (χ1n) is 4.27. The van der Waals surface area contributed by atoms with Crippen molar-refractivity contribution in [3.8, 4) is 0 Å². The fourth-order valence-corrected chi connectivity index (χ4v) is 1.56. The molecule has 0 aromatic rings. The Bertz CT molecular complexity index is 233. The van der Waals surface area contributed by atoms with Crippen molar-refractivity contribution in [3.05, 3.63) is 23.7 Å². The lowest BCUT2D eigenvalue weighted by Crippen LogP contribution is -2.10. The molecule has 66 valence electrons. The van der Waals surface area contributed by atoms with Crippen molar-refractivity contribution in [1.29, 1.82) is 0 Å². The maximum atomic E-state index is 5.47. The number of nitrogens with two attached hydrogens (primary N) is 1. The van der Waals surface area contributed by atoms with E-state index in [0.29, 0.717) is 12.7 Å². The first-order valence-corrected chi connectivity index (χ1v) is 4.27. The predicted molar refractivity (Wildman–Crippen MR) is 45.0 cm³/mol. The van der Waals surface area contributed by atoms with E-state index in [2.05, 4.69) is 6.08 Å². The number of allylic oxidation sites excluding steroid dienone is 3. The number of hydrogen-bond donors (Lipinski definition) is 1. The molecule has 0 fully saturated rings. The molecule has 12 heavy (non-hydrogen) atoms. The highest BCUT2D eigenvalue weighted by atomic mass is 16.7. The van der Waals surface area contributed by atoms with Gasteiger partial charge in [-0.05, 0) is 25.0 Å². The van der Waals surface area contributed by atoms with E-state index in [0.717, 1.165) is 30.9 Å². The number of ether oxygens (including phenoxy) is 2. The van der Waals surface area contributed by atoms with Crippen LogP contribution in [0.4, 0.5) is 0 Å². The van der Waals surface area contributed by atoms with E-state index in [-0.39, 0.29) is 0 Å². The summed E-state index contributed by atoms with van der Waals surface area (Å²) in [5.74, 6) is 2.44. The normalized spacial score (nSPS) is 26.6. The van der Waals surface area contributed by atoms with Gasteiger partial charge in [0.15, 0.2) is 5.76 Å².